The molecule has 1 aliphatic heterocycles. The van der Waals surface area contributed by atoms with Gasteiger partial charge in [0.1, 0.15) is 17.4 Å². The minimum atomic E-state index is -4.04. The number of methoxy groups -OCH3 is 1. The van der Waals surface area contributed by atoms with Crippen molar-refractivity contribution in [3.05, 3.63) is 59.7 Å². The van der Waals surface area contributed by atoms with E-state index in [0.717, 1.165) is 43.6 Å². The summed E-state index contributed by atoms with van der Waals surface area (Å²) < 4.78 is 59.6. The summed E-state index contributed by atoms with van der Waals surface area (Å²) in [5.74, 6) is -1.18. The van der Waals surface area contributed by atoms with Crippen molar-refractivity contribution in [2.45, 2.75) is 23.8 Å². The second-order valence-corrected chi connectivity index (χ2v) is 8.26. The number of nitrogens with zero attached hydrogens (tertiary/aromatic N) is 1. The number of ether oxygens (including phenoxy) is 1. The fourth-order valence-corrected chi connectivity index (χ4v) is 4.39. The number of sulfonamides is 1. The van der Waals surface area contributed by atoms with Gasteiger partial charge in [0, 0.05) is 18.7 Å². The van der Waals surface area contributed by atoms with E-state index < -0.39 is 26.6 Å². The van der Waals surface area contributed by atoms with Crippen molar-refractivity contribution in [2.75, 3.05) is 26.7 Å². The van der Waals surface area contributed by atoms with Crippen LogP contribution in [-0.2, 0) is 10.0 Å². The molecule has 1 saturated heterocycles. The molecule has 0 amide bonds. The van der Waals surface area contributed by atoms with Gasteiger partial charge in [0.25, 0.3) is 0 Å². The molecule has 5 nitrogen and oxygen atoms in total. The van der Waals surface area contributed by atoms with Crippen LogP contribution in [0.1, 0.15) is 24.4 Å². The maximum atomic E-state index is 13.4. The molecule has 3 rings (SSSR count). The molecule has 0 saturated carbocycles. The average molecular weight is 396 g/mol. The molecule has 0 radical (unpaired) electrons. The Morgan fingerprint density at radius 2 is 1.78 bits per heavy atom. The van der Waals surface area contributed by atoms with Gasteiger partial charge in [0.15, 0.2) is 0 Å². The second-order valence-electron chi connectivity index (χ2n) is 6.49. The van der Waals surface area contributed by atoms with Gasteiger partial charge in [-0.05, 0) is 55.8 Å². The number of likely N-dealkylation sites (tertiary alicyclic amines) is 1. The Morgan fingerprint density at radius 1 is 1.11 bits per heavy atom. The Kier molecular flexibility index (Phi) is 6.08. The molecule has 2 aromatic rings. The quantitative estimate of drug-likeness (QED) is 0.781. The van der Waals surface area contributed by atoms with E-state index >= 15 is 0 Å². The van der Waals surface area contributed by atoms with Gasteiger partial charge in [0.2, 0.25) is 10.0 Å². The summed E-state index contributed by atoms with van der Waals surface area (Å²) in [5.41, 5.74) is 0.921. The largest absolute Gasteiger partial charge is 0.497 e. The molecule has 0 spiro atoms. The zero-order valence-electron chi connectivity index (χ0n) is 15.0. The first-order valence-electron chi connectivity index (χ1n) is 8.73. The van der Waals surface area contributed by atoms with Crippen molar-refractivity contribution in [3.8, 4) is 5.75 Å². The van der Waals surface area contributed by atoms with E-state index in [1.807, 2.05) is 24.3 Å². The normalized spacial score (nSPS) is 16.4. The van der Waals surface area contributed by atoms with Crippen LogP contribution in [0.5, 0.6) is 5.75 Å². The molecule has 1 unspecified atom stereocenters. The van der Waals surface area contributed by atoms with Crippen molar-refractivity contribution >= 4 is 10.0 Å². The highest BCUT2D eigenvalue weighted by atomic mass is 32.2. The van der Waals surface area contributed by atoms with E-state index in [4.69, 9.17) is 4.74 Å². The van der Waals surface area contributed by atoms with Crippen molar-refractivity contribution in [3.63, 3.8) is 0 Å². The molecule has 0 bridgehead atoms. The van der Waals surface area contributed by atoms with Crippen LogP contribution in [0, 0.1) is 11.6 Å². The molecule has 1 atom stereocenters. The number of hydrogen-bond acceptors (Lipinski definition) is 4. The minimum Gasteiger partial charge on any atom is -0.497 e. The highest BCUT2D eigenvalue weighted by molar-refractivity contribution is 7.89. The van der Waals surface area contributed by atoms with Crippen LogP contribution in [0.25, 0.3) is 0 Å². The Balaban J connectivity index is 1.83. The van der Waals surface area contributed by atoms with Gasteiger partial charge >= 0.3 is 0 Å². The lowest BCUT2D eigenvalue weighted by Crippen LogP contribution is -2.36. The van der Waals surface area contributed by atoms with Crippen LogP contribution in [0.15, 0.2) is 47.4 Å². The minimum absolute atomic E-state index is 0.0909. The summed E-state index contributed by atoms with van der Waals surface area (Å²) in [7, 11) is -2.47. The van der Waals surface area contributed by atoms with E-state index in [2.05, 4.69) is 9.62 Å². The summed E-state index contributed by atoms with van der Waals surface area (Å²) >= 11 is 0. The van der Waals surface area contributed by atoms with E-state index in [9.17, 15) is 17.2 Å². The summed E-state index contributed by atoms with van der Waals surface area (Å²) in [5, 5.41) is 0. The van der Waals surface area contributed by atoms with Gasteiger partial charge in [-0.15, -0.1) is 0 Å². The van der Waals surface area contributed by atoms with E-state index in [1.54, 1.807) is 7.11 Å². The number of halogens is 2. The molecule has 1 N–H and O–H groups in total. The highest BCUT2D eigenvalue weighted by Gasteiger charge is 2.26. The Labute approximate surface area is 158 Å². The molecule has 1 heterocycles. The average Bonchev–Trinajstić information content (AvgIpc) is 3.15. The zero-order chi connectivity index (χ0) is 19.4. The number of hydrogen-bond donors (Lipinski definition) is 1. The summed E-state index contributed by atoms with van der Waals surface area (Å²) in [6.45, 7) is 1.81. The van der Waals surface area contributed by atoms with Gasteiger partial charge in [-0.1, -0.05) is 12.1 Å². The maximum Gasteiger partial charge on any atom is 0.240 e. The molecule has 0 aromatic heterocycles. The Hall–Kier alpha value is -2.03. The molecule has 146 valence electrons. The molecular weight excluding hydrogens is 374 g/mol. The first-order chi connectivity index (χ1) is 12.9. The molecular formula is C19H22F2N2O3S. The summed E-state index contributed by atoms with van der Waals surface area (Å²) in [6, 6.07) is 9.53. The molecule has 27 heavy (non-hydrogen) atoms. The van der Waals surface area contributed by atoms with Crippen molar-refractivity contribution in [1.29, 1.82) is 0 Å². The Bertz CT molecular complexity index is 879. The SMILES string of the molecule is COc1cccc(C(CNS(=O)(=O)c2cc(F)cc(F)c2)N2CCCC2)c1. The predicted octanol–water partition coefficient (Wildman–Crippen LogP) is 3.09. The lowest BCUT2D eigenvalue weighted by molar-refractivity contribution is 0.246. The van der Waals surface area contributed by atoms with Crippen LogP contribution < -0.4 is 9.46 Å². The van der Waals surface area contributed by atoms with Gasteiger partial charge in [0.05, 0.1) is 12.0 Å². The first kappa shape index (κ1) is 19.7. The van der Waals surface area contributed by atoms with Crippen molar-refractivity contribution in [1.82, 2.24) is 9.62 Å². The van der Waals surface area contributed by atoms with Crippen LogP contribution in [0.3, 0.4) is 0 Å². The van der Waals surface area contributed by atoms with Crippen LogP contribution in [0.4, 0.5) is 8.78 Å². The van der Waals surface area contributed by atoms with Crippen molar-refractivity contribution < 1.29 is 21.9 Å². The molecule has 0 aliphatic carbocycles. The van der Waals surface area contributed by atoms with E-state index in [1.165, 1.54) is 0 Å². The third-order valence-electron chi connectivity index (χ3n) is 4.67. The zero-order valence-corrected chi connectivity index (χ0v) is 15.8. The monoisotopic (exact) mass is 396 g/mol. The fraction of sp³-hybridized carbons (Fsp3) is 0.368. The second kappa shape index (κ2) is 8.33. The predicted molar refractivity (Wildman–Crippen MR) is 98.1 cm³/mol. The smallest absolute Gasteiger partial charge is 0.240 e. The molecule has 1 fully saturated rings. The topological polar surface area (TPSA) is 58.6 Å². The first-order valence-corrected chi connectivity index (χ1v) is 10.2. The van der Waals surface area contributed by atoms with E-state index in [-0.39, 0.29) is 12.6 Å². The van der Waals surface area contributed by atoms with Gasteiger partial charge in [-0.2, -0.15) is 0 Å². The Morgan fingerprint density at radius 3 is 2.41 bits per heavy atom. The van der Waals surface area contributed by atoms with Crippen LogP contribution in [0.2, 0.25) is 0 Å². The summed E-state index contributed by atoms with van der Waals surface area (Å²) in [4.78, 5) is 1.77. The van der Waals surface area contributed by atoms with E-state index in [0.29, 0.717) is 11.8 Å². The number of rotatable bonds is 7. The van der Waals surface area contributed by atoms with Gasteiger partial charge < -0.3 is 4.74 Å². The number of benzene rings is 2. The van der Waals surface area contributed by atoms with Crippen LogP contribution in [-0.4, -0.2) is 40.1 Å². The molecule has 1 aliphatic rings. The summed E-state index contributed by atoms with van der Waals surface area (Å²) in [6.07, 6.45) is 2.09. The standard InChI is InChI=1S/C19H22F2N2O3S/c1-26-17-6-4-5-14(9-17)19(23-7-2-3-8-23)13-22-27(24,25)18-11-15(20)10-16(21)12-18/h4-6,9-12,19,22H,2-3,7-8,13H2,1H3. The molecule has 2 aromatic carbocycles. The van der Waals surface area contributed by atoms with Crippen LogP contribution >= 0.6 is 0 Å². The number of nitrogens with one attached hydrogen (secondary N) is 1. The highest BCUT2D eigenvalue weighted by Crippen LogP contribution is 2.27. The third-order valence-corrected chi connectivity index (χ3v) is 6.08. The molecule has 8 heteroatoms. The lowest BCUT2D eigenvalue weighted by atomic mass is 10.1. The fourth-order valence-electron chi connectivity index (χ4n) is 3.32. The van der Waals surface area contributed by atoms with Gasteiger partial charge in [-0.3, -0.25) is 4.90 Å². The van der Waals surface area contributed by atoms with Gasteiger partial charge in [-0.25, -0.2) is 21.9 Å². The third kappa shape index (κ3) is 4.82. The lowest BCUT2D eigenvalue weighted by Gasteiger charge is -2.28. The van der Waals surface area contributed by atoms with Crippen molar-refractivity contribution in [2.24, 2.45) is 0 Å². The maximum absolute atomic E-state index is 13.4.